The maximum Gasteiger partial charge on any atom is 0.301 e. The fourth-order valence-corrected chi connectivity index (χ4v) is 0.780. The average Bonchev–Trinajstić information content (AvgIpc) is 1.82. The minimum Gasteiger partial charge on any atom is -0.206 e. The molecule has 0 saturated heterocycles. The van der Waals surface area contributed by atoms with Gasteiger partial charge in [-0.3, -0.25) is 0 Å². The summed E-state index contributed by atoms with van der Waals surface area (Å²) in [5, 5.41) is 0. The van der Waals surface area contributed by atoms with Crippen molar-refractivity contribution in [2.45, 2.75) is 18.9 Å². The molecule has 0 aromatic carbocycles. The molecular weight excluding hydrogens is 145 g/mol. The van der Waals surface area contributed by atoms with E-state index in [1.165, 1.54) is 0 Å². The van der Waals surface area contributed by atoms with Crippen molar-refractivity contribution in [3.05, 3.63) is 11.9 Å². The molecule has 0 atom stereocenters. The maximum absolute atomic E-state index is 11.9. The summed E-state index contributed by atoms with van der Waals surface area (Å²) in [6.45, 7) is 0. The number of hydrogen-bond donors (Lipinski definition) is 0. The van der Waals surface area contributed by atoms with Crippen molar-refractivity contribution in [1.29, 1.82) is 0 Å². The molecule has 0 aromatic heterocycles. The predicted octanol–water partition coefficient (Wildman–Crippen LogP) is 1.63. The van der Waals surface area contributed by atoms with E-state index >= 15 is 0 Å². The van der Waals surface area contributed by atoms with Crippen molar-refractivity contribution in [1.82, 2.24) is 0 Å². The summed E-state index contributed by atoms with van der Waals surface area (Å²) < 4.78 is 34.4. The van der Waals surface area contributed by atoms with E-state index in [0.29, 0.717) is 6.42 Å². The molecule has 0 heterocycles. The van der Waals surface area contributed by atoms with Crippen LogP contribution in [0.2, 0.25) is 6.04 Å². The second kappa shape index (κ2) is 4.61. The lowest BCUT2D eigenvalue weighted by Gasteiger charge is -1.90. The summed E-state index contributed by atoms with van der Waals surface area (Å²) in [5.74, 6) is -1.24. The molecular formula is C5H9F3Si. The van der Waals surface area contributed by atoms with Crippen LogP contribution >= 0.6 is 0 Å². The third-order valence-corrected chi connectivity index (χ3v) is 1.66. The summed E-state index contributed by atoms with van der Waals surface area (Å²) in [7, 11) is 0.956. The lowest BCUT2D eigenvalue weighted by Crippen LogP contribution is -1.77. The molecule has 0 radical (unpaired) electrons. The van der Waals surface area contributed by atoms with Crippen molar-refractivity contribution in [2.24, 2.45) is 0 Å². The van der Waals surface area contributed by atoms with Gasteiger partial charge in [0.25, 0.3) is 0 Å². The highest BCUT2D eigenvalue weighted by Crippen LogP contribution is 2.15. The van der Waals surface area contributed by atoms with Gasteiger partial charge in [-0.1, -0.05) is 6.04 Å². The summed E-state index contributed by atoms with van der Waals surface area (Å²) in [5.41, 5.74) is 0. The average molecular weight is 154 g/mol. The van der Waals surface area contributed by atoms with E-state index in [1.807, 2.05) is 0 Å². The van der Waals surface area contributed by atoms with Gasteiger partial charge >= 0.3 is 6.08 Å². The Balaban J connectivity index is 3.50. The van der Waals surface area contributed by atoms with E-state index in [0.717, 1.165) is 16.3 Å². The molecule has 4 heteroatoms. The number of hydrogen-bond acceptors (Lipinski definition) is 0. The minimum absolute atomic E-state index is 0.0914. The van der Waals surface area contributed by atoms with Crippen LogP contribution in [0.3, 0.4) is 0 Å². The Hall–Kier alpha value is -0.253. The zero-order chi connectivity index (χ0) is 7.28. The fraction of sp³-hybridized carbons (Fsp3) is 0.600. The summed E-state index contributed by atoms with van der Waals surface area (Å²) in [6.07, 6.45) is -1.70. The molecule has 0 aliphatic carbocycles. The predicted molar refractivity (Wildman–Crippen MR) is 34.3 cm³/mol. The molecule has 0 N–H and O–H groups in total. The van der Waals surface area contributed by atoms with Crippen LogP contribution in [0.15, 0.2) is 11.9 Å². The first-order chi connectivity index (χ1) is 4.18. The van der Waals surface area contributed by atoms with Gasteiger partial charge in [0, 0.05) is 16.7 Å². The molecule has 0 aliphatic rings. The SMILES string of the molecule is FC(F)=C(F)CCC[SiH3]. The molecule has 0 spiro atoms. The van der Waals surface area contributed by atoms with Gasteiger partial charge in [0.2, 0.25) is 0 Å². The Morgan fingerprint density at radius 1 is 1.22 bits per heavy atom. The van der Waals surface area contributed by atoms with Gasteiger partial charge in [-0.15, -0.1) is 0 Å². The summed E-state index contributed by atoms with van der Waals surface area (Å²) in [4.78, 5) is 0. The molecule has 0 bridgehead atoms. The van der Waals surface area contributed by atoms with Crippen molar-refractivity contribution >= 4 is 10.2 Å². The van der Waals surface area contributed by atoms with E-state index in [2.05, 4.69) is 0 Å². The van der Waals surface area contributed by atoms with Gasteiger partial charge in [0.15, 0.2) is 5.83 Å². The Kier molecular flexibility index (Phi) is 4.48. The monoisotopic (exact) mass is 154 g/mol. The van der Waals surface area contributed by atoms with Gasteiger partial charge in [0.05, 0.1) is 0 Å². The zero-order valence-electron chi connectivity index (χ0n) is 5.26. The minimum atomic E-state index is -2.16. The first kappa shape index (κ1) is 8.75. The van der Waals surface area contributed by atoms with Crippen LogP contribution in [-0.2, 0) is 0 Å². The third kappa shape index (κ3) is 4.26. The van der Waals surface area contributed by atoms with Gasteiger partial charge in [-0.2, -0.15) is 8.78 Å². The lowest BCUT2D eigenvalue weighted by molar-refractivity contribution is 0.369. The highest BCUT2D eigenvalue weighted by atomic mass is 28.1. The second-order valence-corrected chi connectivity index (χ2v) is 2.77. The lowest BCUT2D eigenvalue weighted by atomic mass is 10.3. The fourth-order valence-electron chi connectivity index (χ4n) is 0.426. The largest absolute Gasteiger partial charge is 0.301 e. The van der Waals surface area contributed by atoms with Gasteiger partial charge in [0.1, 0.15) is 0 Å². The zero-order valence-corrected chi connectivity index (χ0v) is 7.26. The van der Waals surface area contributed by atoms with Crippen molar-refractivity contribution in [2.75, 3.05) is 0 Å². The number of allylic oxidation sites excluding steroid dienone is 1. The van der Waals surface area contributed by atoms with E-state index in [-0.39, 0.29) is 6.42 Å². The van der Waals surface area contributed by atoms with Crippen molar-refractivity contribution in [3.8, 4) is 0 Å². The molecule has 0 nitrogen and oxygen atoms in total. The molecule has 0 fully saturated rings. The smallest absolute Gasteiger partial charge is 0.206 e. The van der Waals surface area contributed by atoms with Crippen LogP contribution in [0.1, 0.15) is 12.8 Å². The first-order valence-electron chi connectivity index (χ1n) is 2.88. The van der Waals surface area contributed by atoms with Crippen LogP contribution < -0.4 is 0 Å². The highest BCUT2D eigenvalue weighted by molar-refractivity contribution is 6.08. The number of rotatable bonds is 3. The van der Waals surface area contributed by atoms with E-state index in [9.17, 15) is 13.2 Å². The van der Waals surface area contributed by atoms with Gasteiger partial charge < -0.3 is 0 Å². The van der Waals surface area contributed by atoms with Crippen LogP contribution in [0.4, 0.5) is 13.2 Å². The topological polar surface area (TPSA) is 0 Å². The molecule has 0 rings (SSSR count). The Morgan fingerprint density at radius 3 is 2.11 bits per heavy atom. The Bertz CT molecular complexity index is 107. The van der Waals surface area contributed by atoms with Crippen LogP contribution in [0, 0.1) is 0 Å². The summed E-state index contributed by atoms with van der Waals surface area (Å²) >= 11 is 0. The molecule has 54 valence electrons. The quantitative estimate of drug-likeness (QED) is 0.542. The molecule has 0 saturated carbocycles. The molecule has 0 aliphatic heterocycles. The van der Waals surface area contributed by atoms with Crippen LogP contribution in [0.5, 0.6) is 0 Å². The normalized spacial score (nSPS) is 9.67. The van der Waals surface area contributed by atoms with Crippen molar-refractivity contribution in [3.63, 3.8) is 0 Å². The maximum atomic E-state index is 11.9. The third-order valence-electron chi connectivity index (χ3n) is 0.955. The highest BCUT2D eigenvalue weighted by Gasteiger charge is 2.02. The Morgan fingerprint density at radius 2 is 1.78 bits per heavy atom. The molecule has 0 amide bonds. The van der Waals surface area contributed by atoms with Crippen LogP contribution in [-0.4, -0.2) is 10.2 Å². The molecule has 0 unspecified atom stereocenters. The van der Waals surface area contributed by atoms with Gasteiger partial charge in [-0.25, -0.2) is 4.39 Å². The van der Waals surface area contributed by atoms with E-state index < -0.39 is 11.9 Å². The summed E-state index contributed by atoms with van der Waals surface area (Å²) in [6, 6.07) is 0.876. The van der Waals surface area contributed by atoms with E-state index in [1.54, 1.807) is 0 Å². The van der Waals surface area contributed by atoms with Crippen molar-refractivity contribution < 1.29 is 13.2 Å². The first-order valence-corrected chi connectivity index (χ1v) is 4.29. The Labute approximate surface area is 55.2 Å². The van der Waals surface area contributed by atoms with E-state index in [4.69, 9.17) is 0 Å². The molecule has 9 heavy (non-hydrogen) atoms. The van der Waals surface area contributed by atoms with Gasteiger partial charge in [-0.05, 0) is 6.42 Å². The molecule has 0 aromatic rings. The second-order valence-electron chi connectivity index (χ2n) is 1.77. The van der Waals surface area contributed by atoms with Crippen LogP contribution in [0.25, 0.3) is 0 Å². The standard InChI is InChI=1S/C5H9F3Si/c6-4(5(7)8)2-1-3-9/h1-3H2,9H3. The number of halogens is 3.